The van der Waals surface area contributed by atoms with Crippen molar-refractivity contribution in [2.75, 3.05) is 19.7 Å². The second-order valence-electron chi connectivity index (χ2n) is 5.45. The quantitative estimate of drug-likeness (QED) is 0.255. The maximum atomic E-state index is 12.3. The fraction of sp³-hybridized carbons (Fsp3) is 0.400. The molecule has 0 aliphatic carbocycles. The summed E-state index contributed by atoms with van der Waals surface area (Å²) in [6.45, 7) is 5.38. The zero-order valence-corrected chi connectivity index (χ0v) is 18.3. The van der Waals surface area contributed by atoms with Gasteiger partial charge in [-0.05, 0) is 23.3 Å². The molecule has 1 saturated heterocycles. The number of carbonyl (C=O) groups is 2. The number of urea groups is 1. The Bertz CT molecular complexity index is 835. The van der Waals surface area contributed by atoms with Gasteiger partial charge < -0.3 is 27.4 Å². The Labute approximate surface area is 184 Å². The predicted octanol–water partition coefficient (Wildman–Crippen LogP) is -2.48. The molecule has 2 bridgehead atoms. The minimum atomic E-state index is -4.96. The number of hydroxylamine groups is 2. The molecule has 13 heteroatoms. The van der Waals surface area contributed by atoms with E-state index in [0.29, 0.717) is 21.9 Å². The number of benzene rings is 1. The predicted molar refractivity (Wildman–Crippen MR) is 91.7 cm³/mol. The van der Waals surface area contributed by atoms with Gasteiger partial charge in [-0.15, -0.1) is 4.28 Å². The SMILES string of the molecule is NCCOc1ccc2c(c1)[C@@H]1CN(C(=O)N1OS(=O)(=O)O)[C@H]2C(=O)O.[CH2-]C.[Na+]. The summed E-state index contributed by atoms with van der Waals surface area (Å²) in [6, 6.07) is 1.33. The summed E-state index contributed by atoms with van der Waals surface area (Å²) in [7, 11) is -4.96. The molecule has 4 N–H and O–H groups in total. The number of carboxylic acid groups (broad SMARTS) is 1. The average Bonchev–Trinajstić information content (AvgIpc) is 2.87. The molecule has 0 spiro atoms. The minimum Gasteiger partial charge on any atom is -0.492 e. The van der Waals surface area contributed by atoms with Crippen molar-refractivity contribution < 1.29 is 66.2 Å². The van der Waals surface area contributed by atoms with E-state index in [1.807, 2.05) is 0 Å². The molecule has 0 saturated carbocycles. The van der Waals surface area contributed by atoms with Gasteiger partial charge in [-0.25, -0.2) is 9.59 Å². The Balaban J connectivity index is 0.00000127. The molecule has 11 nitrogen and oxygen atoms in total. The zero-order valence-electron chi connectivity index (χ0n) is 15.4. The number of amides is 2. The van der Waals surface area contributed by atoms with Gasteiger partial charge in [0.25, 0.3) is 0 Å². The largest absolute Gasteiger partial charge is 1.00 e. The van der Waals surface area contributed by atoms with Gasteiger partial charge in [-0.3, -0.25) is 4.55 Å². The molecule has 3 rings (SSSR count). The summed E-state index contributed by atoms with van der Waals surface area (Å²) in [4.78, 5) is 24.9. The van der Waals surface area contributed by atoms with Crippen molar-refractivity contribution in [3.05, 3.63) is 36.2 Å². The van der Waals surface area contributed by atoms with Crippen LogP contribution in [0.25, 0.3) is 0 Å². The molecular formula is C15H20N3NaO8S. The van der Waals surface area contributed by atoms with Gasteiger partial charge in [0.2, 0.25) is 0 Å². The van der Waals surface area contributed by atoms with E-state index < -0.39 is 34.5 Å². The van der Waals surface area contributed by atoms with Crippen molar-refractivity contribution in [1.29, 1.82) is 0 Å². The number of hydrogen-bond acceptors (Lipinski definition) is 7. The summed E-state index contributed by atoms with van der Waals surface area (Å²) in [6.07, 6.45) is 0. The molecule has 1 fully saturated rings. The Morgan fingerprint density at radius 2 is 2.00 bits per heavy atom. The van der Waals surface area contributed by atoms with E-state index in [1.165, 1.54) is 18.2 Å². The van der Waals surface area contributed by atoms with Crippen LogP contribution < -0.4 is 40.0 Å². The normalized spacial score (nSPS) is 19.9. The van der Waals surface area contributed by atoms with Gasteiger partial charge >= 0.3 is 52.0 Å². The first-order valence-corrected chi connectivity index (χ1v) is 9.26. The Morgan fingerprint density at radius 3 is 2.54 bits per heavy atom. The van der Waals surface area contributed by atoms with Crippen LogP contribution >= 0.6 is 0 Å². The molecule has 150 valence electrons. The smallest absolute Gasteiger partial charge is 0.492 e. The number of rotatable bonds is 6. The topological polar surface area (TPSA) is 160 Å². The van der Waals surface area contributed by atoms with Crippen LogP contribution in [0.2, 0.25) is 0 Å². The van der Waals surface area contributed by atoms with Crippen LogP contribution in [-0.4, -0.2) is 59.7 Å². The number of ether oxygens (including phenoxy) is 1. The average molecular weight is 425 g/mol. The van der Waals surface area contributed by atoms with Crippen LogP contribution in [0.3, 0.4) is 0 Å². The van der Waals surface area contributed by atoms with Crippen molar-refractivity contribution in [3.63, 3.8) is 0 Å². The summed E-state index contributed by atoms with van der Waals surface area (Å²) in [5.41, 5.74) is 6.03. The van der Waals surface area contributed by atoms with E-state index in [2.05, 4.69) is 11.2 Å². The van der Waals surface area contributed by atoms with Gasteiger partial charge in [-0.1, -0.05) is 6.07 Å². The standard InChI is InChI=1S/C13H15N3O8S.C2H5.Na/c14-3-4-23-7-1-2-8-9(5-7)10-6-15(11(8)12(17)18)13(19)16(10)24-25(20,21)22;1-2;/h1-2,5,10-11H,3-4,6,14H2,(H,17,18)(H,20,21,22);1H2,2H3;/q;-1;+1/t10-,11+;;/m0../s1. The summed E-state index contributed by atoms with van der Waals surface area (Å²) < 4.78 is 40.7. The first-order chi connectivity index (χ1) is 12.7. The van der Waals surface area contributed by atoms with Crippen LogP contribution in [0, 0.1) is 6.92 Å². The van der Waals surface area contributed by atoms with Crippen LogP contribution in [0.5, 0.6) is 5.75 Å². The van der Waals surface area contributed by atoms with E-state index in [9.17, 15) is 23.1 Å². The maximum absolute atomic E-state index is 12.3. The summed E-state index contributed by atoms with van der Waals surface area (Å²) in [5.74, 6) is -0.898. The van der Waals surface area contributed by atoms with E-state index in [4.69, 9.17) is 15.0 Å². The van der Waals surface area contributed by atoms with Gasteiger partial charge in [0.1, 0.15) is 18.4 Å². The number of nitrogens with two attached hydrogens (primary N) is 1. The third-order valence-electron chi connectivity index (χ3n) is 3.91. The van der Waals surface area contributed by atoms with Crippen LogP contribution in [0.4, 0.5) is 4.79 Å². The molecule has 1 aromatic carbocycles. The fourth-order valence-electron chi connectivity index (χ4n) is 3.02. The number of fused-ring (bicyclic) bond motifs is 4. The molecule has 0 radical (unpaired) electrons. The van der Waals surface area contributed by atoms with Gasteiger partial charge in [0, 0.05) is 6.54 Å². The monoisotopic (exact) mass is 425 g/mol. The molecule has 2 aliphatic heterocycles. The molecule has 2 amide bonds. The maximum Gasteiger partial charge on any atom is 1.00 e. The van der Waals surface area contributed by atoms with Crippen LogP contribution in [0.15, 0.2) is 18.2 Å². The molecule has 28 heavy (non-hydrogen) atoms. The summed E-state index contributed by atoms with van der Waals surface area (Å²) in [5, 5.41) is 9.93. The Morgan fingerprint density at radius 1 is 1.36 bits per heavy atom. The third kappa shape index (κ3) is 4.95. The Kier molecular flexibility index (Phi) is 8.68. The van der Waals surface area contributed by atoms with Gasteiger partial charge in [0.15, 0.2) is 6.04 Å². The van der Waals surface area contributed by atoms with Crippen molar-refractivity contribution in [2.45, 2.75) is 19.0 Å². The summed E-state index contributed by atoms with van der Waals surface area (Å²) >= 11 is 0. The first-order valence-electron chi connectivity index (χ1n) is 7.90. The van der Waals surface area contributed by atoms with Crippen molar-refractivity contribution >= 4 is 22.4 Å². The van der Waals surface area contributed by atoms with E-state index in [0.717, 1.165) is 4.90 Å². The van der Waals surface area contributed by atoms with Gasteiger partial charge in [0.05, 0.1) is 6.54 Å². The van der Waals surface area contributed by atoms with E-state index in [1.54, 1.807) is 6.92 Å². The third-order valence-corrected chi connectivity index (χ3v) is 4.25. The number of nitrogens with zero attached hydrogens (tertiary/aromatic N) is 2. The van der Waals surface area contributed by atoms with Crippen molar-refractivity contribution in [3.8, 4) is 5.75 Å². The second-order valence-corrected chi connectivity index (χ2v) is 6.45. The van der Waals surface area contributed by atoms with E-state index >= 15 is 0 Å². The molecule has 0 unspecified atom stereocenters. The van der Waals surface area contributed by atoms with Crippen molar-refractivity contribution in [2.24, 2.45) is 5.73 Å². The molecule has 2 aliphatic rings. The number of carboxylic acids is 1. The molecule has 0 aromatic heterocycles. The van der Waals surface area contributed by atoms with Crippen LogP contribution in [-0.2, 0) is 19.5 Å². The van der Waals surface area contributed by atoms with Crippen LogP contribution in [0.1, 0.15) is 30.1 Å². The van der Waals surface area contributed by atoms with Crippen molar-refractivity contribution in [1.82, 2.24) is 9.96 Å². The number of aliphatic carboxylic acids is 1. The molecule has 2 atom stereocenters. The minimum absolute atomic E-state index is 0. The van der Waals surface area contributed by atoms with E-state index in [-0.39, 0.29) is 49.3 Å². The molecular weight excluding hydrogens is 405 g/mol. The van der Waals surface area contributed by atoms with Gasteiger partial charge in [-0.2, -0.15) is 20.4 Å². The first kappa shape index (κ1) is 24.6. The Hall–Kier alpha value is -1.41. The zero-order chi connectivity index (χ0) is 20.4. The second kappa shape index (κ2) is 9.87. The fourth-order valence-corrected chi connectivity index (χ4v) is 3.39. The number of hydrogen-bond donors (Lipinski definition) is 3. The molecule has 2 heterocycles. The molecule has 1 aromatic rings. The number of carbonyl (C=O) groups excluding carboxylic acids is 1.